The fraction of sp³-hybridized carbons (Fsp3) is 0.500. The number of imide groups is 2. The van der Waals surface area contributed by atoms with Crippen molar-refractivity contribution in [3.05, 3.63) is 23.3 Å². The van der Waals surface area contributed by atoms with E-state index in [1.807, 2.05) is 12.2 Å². The zero-order chi connectivity index (χ0) is 15.2. The summed E-state index contributed by atoms with van der Waals surface area (Å²) in [4.78, 5) is 52.0. The van der Waals surface area contributed by atoms with E-state index < -0.39 is 0 Å². The molecule has 3 aliphatic heterocycles. The first kappa shape index (κ1) is 12.3. The van der Waals surface area contributed by atoms with Gasteiger partial charge in [0.1, 0.15) is 0 Å². The van der Waals surface area contributed by atoms with Crippen LogP contribution in [0.1, 0.15) is 12.8 Å². The molecule has 2 aliphatic carbocycles. The maximum Gasteiger partial charge on any atom is 0.237 e. The van der Waals surface area contributed by atoms with Crippen LogP contribution in [0.2, 0.25) is 0 Å². The van der Waals surface area contributed by atoms with Crippen LogP contribution in [-0.2, 0) is 19.2 Å². The third-order valence-corrected chi connectivity index (χ3v) is 5.72. The Bertz CT molecular complexity index is 672. The number of amides is 4. The molecular weight excluding hydrogens is 284 g/mol. The van der Waals surface area contributed by atoms with Crippen molar-refractivity contribution in [3.8, 4) is 0 Å². The van der Waals surface area contributed by atoms with Crippen molar-refractivity contribution in [1.82, 2.24) is 9.80 Å². The zero-order valence-corrected chi connectivity index (χ0v) is 11.8. The molecule has 0 aromatic heterocycles. The van der Waals surface area contributed by atoms with E-state index in [4.69, 9.17) is 0 Å². The van der Waals surface area contributed by atoms with E-state index in [0.29, 0.717) is 25.9 Å². The molecule has 112 valence electrons. The molecule has 0 aromatic rings. The zero-order valence-electron chi connectivity index (χ0n) is 11.8. The van der Waals surface area contributed by atoms with Crippen LogP contribution in [0.4, 0.5) is 0 Å². The van der Waals surface area contributed by atoms with Crippen LogP contribution in [0, 0.1) is 23.7 Å². The van der Waals surface area contributed by atoms with Gasteiger partial charge in [-0.05, 0) is 12.8 Å². The highest BCUT2D eigenvalue weighted by molar-refractivity contribution is 6.11. The minimum atomic E-state index is -0.348. The molecule has 4 amide bonds. The Kier molecular flexibility index (Phi) is 2.10. The van der Waals surface area contributed by atoms with Crippen molar-refractivity contribution in [2.75, 3.05) is 13.1 Å². The Hall–Kier alpha value is -2.24. The topological polar surface area (TPSA) is 74.8 Å². The van der Waals surface area contributed by atoms with Gasteiger partial charge < -0.3 is 0 Å². The van der Waals surface area contributed by atoms with Crippen molar-refractivity contribution in [2.24, 2.45) is 23.7 Å². The normalized spacial score (nSPS) is 38.9. The summed E-state index contributed by atoms with van der Waals surface area (Å²) in [5, 5.41) is 0. The molecule has 3 saturated heterocycles. The SMILES string of the molecule is O=C1[C@H]2C3=C[C@H]2C(=O)N1CCC1=C[C@H]2C(=O)N(CC3)C(=O)[C@@H]12. The second-order valence-corrected chi connectivity index (χ2v) is 6.65. The first-order chi connectivity index (χ1) is 10.6. The maximum atomic E-state index is 12.4. The lowest BCUT2D eigenvalue weighted by Gasteiger charge is -2.28. The molecule has 6 nitrogen and oxygen atoms in total. The van der Waals surface area contributed by atoms with Gasteiger partial charge in [-0.2, -0.15) is 0 Å². The quantitative estimate of drug-likeness (QED) is 0.461. The predicted octanol–water partition coefficient (Wildman–Crippen LogP) is -0.137. The summed E-state index contributed by atoms with van der Waals surface area (Å²) in [6, 6.07) is 0. The molecule has 3 fully saturated rings. The van der Waals surface area contributed by atoms with Crippen molar-refractivity contribution in [1.29, 1.82) is 0 Å². The highest BCUT2D eigenvalue weighted by Crippen LogP contribution is 2.47. The van der Waals surface area contributed by atoms with Crippen molar-refractivity contribution in [2.45, 2.75) is 12.8 Å². The summed E-state index contributed by atoms with van der Waals surface area (Å²) < 4.78 is 0. The van der Waals surface area contributed by atoms with Crippen molar-refractivity contribution < 1.29 is 19.2 Å². The Balaban J connectivity index is 1.53. The van der Waals surface area contributed by atoms with E-state index in [1.165, 1.54) is 9.80 Å². The van der Waals surface area contributed by atoms with Gasteiger partial charge in [0.25, 0.3) is 0 Å². The van der Waals surface area contributed by atoms with Crippen LogP contribution in [-0.4, -0.2) is 46.5 Å². The van der Waals surface area contributed by atoms with Gasteiger partial charge in [-0.3, -0.25) is 29.0 Å². The molecule has 0 N–H and O–H groups in total. The molecule has 0 radical (unpaired) electrons. The third kappa shape index (κ3) is 1.23. The van der Waals surface area contributed by atoms with Gasteiger partial charge in [0.05, 0.1) is 23.7 Å². The summed E-state index contributed by atoms with van der Waals surface area (Å²) in [6.07, 6.45) is 4.68. The van der Waals surface area contributed by atoms with Crippen molar-refractivity contribution in [3.63, 3.8) is 0 Å². The van der Waals surface area contributed by atoms with Gasteiger partial charge in [-0.1, -0.05) is 23.3 Å². The molecule has 4 bridgehead atoms. The van der Waals surface area contributed by atoms with Crippen LogP contribution >= 0.6 is 0 Å². The van der Waals surface area contributed by atoms with E-state index in [0.717, 1.165) is 11.1 Å². The largest absolute Gasteiger partial charge is 0.281 e. The van der Waals surface area contributed by atoms with Gasteiger partial charge >= 0.3 is 0 Å². The number of nitrogens with zero attached hydrogens (tertiary/aromatic N) is 2. The van der Waals surface area contributed by atoms with E-state index >= 15 is 0 Å². The summed E-state index contributed by atoms with van der Waals surface area (Å²) in [5.74, 6) is -1.76. The second kappa shape index (κ2) is 3.74. The summed E-state index contributed by atoms with van der Waals surface area (Å²) in [5.41, 5.74) is 1.80. The predicted molar refractivity (Wildman–Crippen MR) is 72.8 cm³/mol. The molecule has 6 heteroatoms. The fourth-order valence-corrected chi connectivity index (χ4v) is 4.45. The van der Waals surface area contributed by atoms with Crippen molar-refractivity contribution >= 4 is 23.6 Å². The van der Waals surface area contributed by atoms with Gasteiger partial charge in [0, 0.05) is 13.1 Å². The lowest BCUT2D eigenvalue weighted by Crippen LogP contribution is -2.36. The molecule has 3 heterocycles. The molecule has 0 unspecified atom stereocenters. The minimum Gasteiger partial charge on any atom is -0.281 e. The Labute approximate surface area is 126 Å². The number of hydrogen-bond acceptors (Lipinski definition) is 4. The van der Waals surface area contributed by atoms with Crippen LogP contribution in [0.3, 0.4) is 0 Å². The van der Waals surface area contributed by atoms with E-state index in [-0.39, 0.29) is 47.3 Å². The van der Waals surface area contributed by atoms with E-state index in [2.05, 4.69) is 0 Å². The van der Waals surface area contributed by atoms with Gasteiger partial charge in [-0.15, -0.1) is 0 Å². The first-order valence-corrected chi connectivity index (χ1v) is 7.69. The monoisotopic (exact) mass is 298 g/mol. The van der Waals surface area contributed by atoms with Crippen LogP contribution < -0.4 is 0 Å². The number of hydrogen-bond donors (Lipinski definition) is 0. The Morgan fingerprint density at radius 3 is 1.50 bits per heavy atom. The average molecular weight is 298 g/mol. The lowest BCUT2D eigenvalue weighted by atomic mass is 9.75. The molecule has 5 rings (SSSR count). The Morgan fingerprint density at radius 2 is 1.09 bits per heavy atom. The van der Waals surface area contributed by atoms with Crippen LogP contribution in [0.5, 0.6) is 0 Å². The molecule has 22 heavy (non-hydrogen) atoms. The van der Waals surface area contributed by atoms with Crippen LogP contribution in [0.25, 0.3) is 0 Å². The molecule has 4 atom stereocenters. The van der Waals surface area contributed by atoms with E-state index in [9.17, 15) is 19.2 Å². The number of rotatable bonds is 0. The number of carbonyl (C=O) groups excluding carboxylic acids is 4. The number of fused-ring (bicyclic) bond motifs is 2. The standard InChI is InChI=1S/C16H14N2O4/c19-13-10-6-8-2-4-18-14(20)9-5-7(11(9)15(18)21)1-3-17(13)16(22)12(8)10/h5-6,9-12H,1-4H2/t9-,10-,11+,12+/m1/s1. The van der Waals surface area contributed by atoms with E-state index in [1.54, 1.807) is 0 Å². The first-order valence-electron chi connectivity index (χ1n) is 7.69. The molecule has 0 spiro atoms. The summed E-state index contributed by atoms with van der Waals surface area (Å²) in [7, 11) is 0. The molecule has 0 aromatic carbocycles. The van der Waals surface area contributed by atoms with Gasteiger partial charge in [0.2, 0.25) is 23.6 Å². The fourth-order valence-electron chi connectivity index (χ4n) is 4.45. The second-order valence-electron chi connectivity index (χ2n) is 6.65. The minimum absolute atomic E-state index is 0.107. The smallest absolute Gasteiger partial charge is 0.237 e. The Morgan fingerprint density at radius 1 is 0.682 bits per heavy atom. The van der Waals surface area contributed by atoms with Gasteiger partial charge in [0.15, 0.2) is 0 Å². The van der Waals surface area contributed by atoms with Gasteiger partial charge in [-0.25, -0.2) is 0 Å². The highest BCUT2D eigenvalue weighted by atomic mass is 16.2. The number of carbonyl (C=O) groups is 4. The van der Waals surface area contributed by atoms with Crippen LogP contribution in [0.15, 0.2) is 23.3 Å². The molecular formula is C16H14N2O4. The lowest BCUT2D eigenvalue weighted by molar-refractivity contribution is -0.140. The average Bonchev–Trinajstić information content (AvgIpc) is 2.71. The summed E-state index contributed by atoms with van der Waals surface area (Å²) >= 11 is 0. The highest BCUT2D eigenvalue weighted by Gasteiger charge is 2.56. The molecule has 0 saturated carbocycles. The maximum absolute atomic E-state index is 12.4. The third-order valence-electron chi connectivity index (χ3n) is 5.72. The summed E-state index contributed by atoms with van der Waals surface area (Å²) in [6.45, 7) is 0.643. The molecule has 5 aliphatic rings.